The summed E-state index contributed by atoms with van der Waals surface area (Å²) in [7, 11) is 0. The number of nitrogens with one attached hydrogen (secondary N) is 1. The van der Waals surface area contributed by atoms with E-state index in [4.69, 9.17) is 0 Å². The zero-order valence-corrected chi connectivity index (χ0v) is 12.9. The summed E-state index contributed by atoms with van der Waals surface area (Å²) in [6.45, 7) is 2.05. The van der Waals surface area contributed by atoms with Gasteiger partial charge in [-0.25, -0.2) is 5.43 Å². The number of hydrogen-bond acceptors (Lipinski definition) is 4. The number of aryl methyl sites for hydroxylation is 2. The predicted molar refractivity (Wildman–Crippen MR) is 85.1 cm³/mol. The summed E-state index contributed by atoms with van der Waals surface area (Å²) < 4.78 is 0. The molecule has 104 valence electrons. The minimum Gasteiger partial charge on any atom is -0.267 e. The Bertz CT molecular complexity index is 655. The first-order chi connectivity index (χ1) is 9.74. The lowest BCUT2D eigenvalue weighted by Gasteiger charge is -2.11. The quantitative estimate of drug-likeness (QED) is 0.681. The van der Waals surface area contributed by atoms with Gasteiger partial charge in [-0.3, -0.25) is 4.79 Å². The Hall–Kier alpha value is -1.46. The van der Waals surface area contributed by atoms with Gasteiger partial charge < -0.3 is 0 Å². The van der Waals surface area contributed by atoms with Gasteiger partial charge in [-0.05, 0) is 50.3 Å². The molecule has 0 aromatic carbocycles. The van der Waals surface area contributed by atoms with E-state index in [9.17, 15) is 4.79 Å². The van der Waals surface area contributed by atoms with E-state index in [-0.39, 0.29) is 5.91 Å². The van der Waals surface area contributed by atoms with Crippen LogP contribution in [-0.4, -0.2) is 12.1 Å². The van der Waals surface area contributed by atoms with Gasteiger partial charge in [0.05, 0.1) is 11.8 Å². The zero-order valence-electron chi connectivity index (χ0n) is 11.3. The maximum Gasteiger partial charge on any atom is 0.272 e. The maximum atomic E-state index is 12.2. The standard InChI is InChI=1S/C15H16N2OS2/c1-10-6-7-11(20-10)8-16-17-15(18)13-9-19-14-5-3-2-4-12(13)14/h6-9H,2-5H2,1H3,(H,17,18)/b16-8-. The van der Waals surface area contributed by atoms with Gasteiger partial charge in [0, 0.05) is 20.0 Å². The van der Waals surface area contributed by atoms with Crippen molar-refractivity contribution in [2.75, 3.05) is 0 Å². The van der Waals surface area contributed by atoms with E-state index in [1.165, 1.54) is 28.2 Å². The fourth-order valence-electron chi connectivity index (χ4n) is 2.42. The van der Waals surface area contributed by atoms with Gasteiger partial charge in [-0.1, -0.05) is 0 Å². The molecule has 0 saturated heterocycles. The minimum absolute atomic E-state index is 0.0890. The first kappa shape index (κ1) is 13.5. The van der Waals surface area contributed by atoms with E-state index >= 15 is 0 Å². The van der Waals surface area contributed by atoms with Gasteiger partial charge in [0.15, 0.2) is 0 Å². The highest BCUT2D eigenvalue weighted by Gasteiger charge is 2.19. The fourth-order valence-corrected chi connectivity index (χ4v) is 4.30. The van der Waals surface area contributed by atoms with E-state index < -0.39 is 0 Å². The lowest BCUT2D eigenvalue weighted by atomic mass is 9.96. The second-order valence-electron chi connectivity index (χ2n) is 4.91. The Morgan fingerprint density at radius 1 is 1.35 bits per heavy atom. The number of thiophene rings is 2. The number of carbonyl (C=O) groups is 1. The van der Waals surface area contributed by atoms with E-state index in [0.717, 1.165) is 23.3 Å². The first-order valence-corrected chi connectivity index (χ1v) is 8.43. The molecule has 3 nitrogen and oxygen atoms in total. The van der Waals surface area contributed by atoms with Crippen LogP contribution >= 0.6 is 22.7 Å². The average molecular weight is 304 g/mol. The molecule has 0 spiro atoms. The van der Waals surface area contributed by atoms with Crippen molar-refractivity contribution >= 4 is 34.8 Å². The van der Waals surface area contributed by atoms with Crippen molar-refractivity contribution in [2.45, 2.75) is 32.6 Å². The summed E-state index contributed by atoms with van der Waals surface area (Å²) in [4.78, 5) is 15.8. The number of nitrogens with zero attached hydrogens (tertiary/aromatic N) is 1. The van der Waals surface area contributed by atoms with Crippen LogP contribution in [-0.2, 0) is 12.8 Å². The summed E-state index contributed by atoms with van der Waals surface area (Å²) in [5.74, 6) is -0.0890. The van der Waals surface area contributed by atoms with Crippen molar-refractivity contribution < 1.29 is 4.79 Å². The molecule has 2 aromatic rings. The second kappa shape index (κ2) is 5.89. The molecule has 1 amide bonds. The van der Waals surface area contributed by atoms with Gasteiger partial charge in [-0.15, -0.1) is 22.7 Å². The molecule has 20 heavy (non-hydrogen) atoms. The summed E-state index contributed by atoms with van der Waals surface area (Å²) >= 11 is 3.36. The molecule has 0 aliphatic heterocycles. The third-order valence-corrected chi connectivity index (χ3v) is 5.45. The van der Waals surface area contributed by atoms with Crippen LogP contribution in [0.3, 0.4) is 0 Å². The molecule has 0 radical (unpaired) electrons. The first-order valence-electron chi connectivity index (χ1n) is 6.73. The highest BCUT2D eigenvalue weighted by Crippen LogP contribution is 2.30. The van der Waals surface area contributed by atoms with Crippen molar-refractivity contribution in [3.63, 3.8) is 0 Å². The Labute approximate surface area is 126 Å². The van der Waals surface area contributed by atoms with Crippen molar-refractivity contribution in [1.29, 1.82) is 0 Å². The van der Waals surface area contributed by atoms with Crippen LogP contribution < -0.4 is 5.43 Å². The summed E-state index contributed by atoms with van der Waals surface area (Å²) in [5.41, 5.74) is 4.68. The molecule has 1 aliphatic rings. The van der Waals surface area contributed by atoms with Crippen LogP contribution in [0.4, 0.5) is 0 Å². The molecule has 1 aliphatic carbocycles. The van der Waals surface area contributed by atoms with Crippen LogP contribution in [0.25, 0.3) is 0 Å². The van der Waals surface area contributed by atoms with Crippen molar-refractivity contribution in [3.8, 4) is 0 Å². The van der Waals surface area contributed by atoms with Gasteiger partial charge in [-0.2, -0.15) is 5.10 Å². The molecular weight excluding hydrogens is 288 g/mol. The molecule has 0 unspecified atom stereocenters. The lowest BCUT2D eigenvalue weighted by molar-refractivity contribution is 0.0954. The largest absolute Gasteiger partial charge is 0.272 e. The molecule has 2 heterocycles. The number of hydrogen-bond donors (Lipinski definition) is 1. The van der Waals surface area contributed by atoms with Crippen LogP contribution in [0.2, 0.25) is 0 Å². The molecule has 0 bridgehead atoms. The van der Waals surface area contributed by atoms with Gasteiger partial charge >= 0.3 is 0 Å². The molecule has 0 saturated carbocycles. The lowest BCUT2D eigenvalue weighted by Crippen LogP contribution is -2.19. The summed E-state index contributed by atoms with van der Waals surface area (Å²) in [5, 5.41) is 6.02. The Kier molecular flexibility index (Phi) is 3.98. The van der Waals surface area contributed by atoms with E-state index in [0.29, 0.717) is 0 Å². The highest BCUT2D eigenvalue weighted by molar-refractivity contribution is 7.13. The molecular formula is C15H16N2OS2. The van der Waals surface area contributed by atoms with Crippen molar-refractivity contribution in [3.05, 3.63) is 43.3 Å². The third kappa shape index (κ3) is 2.83. The molecule has 0 fully saturated rings. The predicted octanol–water partition coefficient (Wildman–Crippen LogP) is 3.76. The van der Waals surface area contributed by atoms with Gasteiger partial charge in [0.2, 0.25) is 0 Å². The van der Waals surface area contributed by atoms with E-state index in [1.807, 2.05) is 17.5 Å². The normalized spacial score (nSPS) is 14.4. The number of carbonyl (C=O) groups excluding carboxylic acids is 1. The molecule has 3 rings (SSSR count). The van der Waals surface area contributed by atoms with E-state index in [2.05, 4.69) is 17.5 Å². The highest BCUT2D eigenvalue weighted by atomic mass is 32.1. The molecule has 1 N–H and O–H groups in total. The maximum absolute atomic E-state index is 12.2. The smallest absolute Gasteiger partial charge is 0.267 e. The summed E-state index contributed by atoms with van der Waals surface area (Å²) in [6.07, 6.45) is 6.26. The van der Waals surface area contributed by atoms with Crippen LogP contribution in [0.15, 0.2) is 22.6 Å². The number of hydrazone groups is 1. The Balaban J connectivity index is 1.67. The number of fused-ring (bicyclic) bond motifs is 1. The van der Waals surface area contributed by atoms with Gasteiger partial charge in [0.25, 0.3) is 5.91 Å². The zero-order chi connectivity index (χ0) is 13.9. The number of amides is 1. The SMILES string of the molecule is Cc1ccc(/C=N\NC(=O)c2csc3c2CCCC3)s1. The topological polar surface area (TPSA) is 41.5 Å². The molecule has 5 heteroatoms. The molecule has 0 atom stereocenters. The Morgan fingerprint density at radius 3 is 3.00 bits per heavy atom. The monoisotopic (exact) mass is 304 g/mol. The summed E-state index contributed by atoms with van der Waals surface area (Å²) in [6, 6.07) is 4.05. The average Bonchev–Trinajstić information content (AvgIpc) is 3.05. The van der Waals surface area contributed by atoms with Crippen molar-refractivity contribution in [1.82, 2.24) is 5.43 Å². The Morgan fingerprint density at radius 2 is 2.20 bits per heavy atom. The number of rotatable bonds is 3. The van der Waals surface area contributed by atoms with Crippen LogP contribution in [0.1, 0.15) is 43.4 Å². The van der Waals surface area contributed by atoms with E-state index in [1.54, 1.807) is 28.9 Å². The molecule has 2 aromatic heterocycles. The van der Waals surface area contributed by atoms with Crippen LogP contribution in [0.5, 0.6) is 0 Å². The third-order valence-electron chi connectivity index (χ3n) is 3.43. The van der Waals surface area contributed by atoms with Crippen LogP contribution in [0, 0.1) is 6.92 Å². The minimum atomic E-state index is -0.0890. The van der Waals surface area contributed by atoms with Gasteiger partial charge in [0.1, 0.15) is 0 Å². The van der Waals surface area contributed by atoms with Crippen molar-refractivity contribution in [2.24, 2.45) is 5.10 Å². The second-order valence-corrected chi connectivity index (χ2v) is 7.19. The fraction of sp³-hybridized carbons (Fsp3) is 0.333.